The summed E-state index contributed by atoms with van der Waals surface area (Å²) in [6.45, 7) is 0.936. The number of amides is 1. The number of likely N-dealkylation sites (tertiary alicyclic amines) is 1. The number of carbonyl (C=O) groups is 1. The molecule has 0 radical (unpaired) electrons. The zero-order valence-electron chi connectivity index (χ0n) is 13.3. The molecule has 0 saturated carbocycles. The summed E-state index contributed by atoms with van der Waals surface area (Å²) in [7, 11) is 1.87. The lowest BCUT2D eigenvalue weighted by atomic mass is 10.2. The fraction of sp³-hybridized carbons (Fsp3) is 0.400. The number of anilines is 1. The molecule has 2 heterocycles. The molecule has 1 aromatic carbocycles. The summed E-state index contributed by atoms with van der Waals surface area (Å²) < 4.78 is 1.85. The second-order valence-electron chi connectivity index (χ2n) is 5.75. The number of nitro groups is 1. The van der Waals surface area contributed by atoms with Gasteiger partial charge in [-0.15, -0.1) is 10.2 Å². The third-order valence-electron chi connectivity index (χ3n) is 4.13. The summed E-state index contributed by atoms with van der Waals surface area (Å²) in [6.07, 6.45) is 3.51. The lowest BCUT2D eigenvalue weighted by Crippen LogP contribution is -2.34. The molecule has 1 N–H and O–H groups in total. The van der Waals surface area contributed by atoms with Gasteiger partial charge in [-0.1, -0.05) is 12.1 Å². The average molecular weight is 330 g/mol. The predicted octanol–water partition coefficient (Wildman–Crippen LogP) is 1.50. The van der Waals surface area contributed by atoms with Crippen LogP contribution in [-0.4, -0.2) is 43.6 Å². The van der Waals surface area contributed by atoms with E-state index in [2.05, 4.69) is 15.5 Å². The van der Waals surface area contributed by atoms with E-state index in [4.69, 9.17) is 0 Å². The standard InChI is InChI=1S/C15H18N6O3/c1-19-10-16-18-15(19)13-7-4-8-20(13)9-14(22)17-11-5-2-3-6-12(11)21(23)24/h2-3,5-6,10,13H,4,7-9H2,1H3,(H,17,22). The number of hydrogen-bond donors (Lipinski definition) is 1. The molecule has 0 bridgehead atoms. The molecule has 1 unspecified atom stereocenters. The second-order valence-corrected chi connectivity index (χ2v) is 5.75. The van der Waals surface area contributed by atoms with Gasteiger partial charge in [-0.05, 0) is 25.5 Å². The molecule has 0 aliphatic carbocycles. The van der Waals surface area contributed by atoms with E-state index < -0.39 is 4.92 Å². The number of aromatic nitrogens is 3. The van der Waals surface area contributed by atoms with Crippen molar-refractivity contribution in [1.29, 1.82) is 0 Å². The zero-order chi connectivity index (χ0) is 17.1. The molecule has 24 heavy (non-hydrogen) atoms. The minimum absolute atomic E-state index is 0.0361. The van der Waals surface area contributed by atoms with Crippen molar-refractivity contribution in [1.82, 2.24) is 19.7 Å². The van der Waals surface area contributed by atoms with Crippen molar-refractivity contribution in [2.45, 2.75) is 18.9 Å². The van der Waals surface area contributed by atoms with E-state index in [0.29, 0.717) is 0 Å². The molecule has 1 aliphatic heterocycles. The highest BCUT2D eigenvalue weighted by Gasteiger charge is 2.31. The summed E-state index contributed by atoms with van der Waals surface area (Å²) in [5, 5.41) is 21.7. The number of para-hydroxylation sites is 2. The number of aryl methyl sites for hydroxylation is 1. The first-order valence-electron chi connectivity index (χ1n) is 7.67. The summed E-state index contributed by atoms with van der Waals surface area (Å²) in [5.74, 6) is 0.546. The first-order valence-corrected chi connectivity index (χ1v) is 7.67. The van der Waals surface area contributed by atoms with E-state index in [9.17, 15) is 14.9 Å². The minimum Gasteiger partial charge on any atom is -0.319 e. The lowest BCUT2D eigenvalue weighted by molar-refractivity contribution is -0.383. The van der Waals surface area contributed by atoms with Gasteiger partial charge in [0, 0.05) is 13.1 Å². The van der Waals surface area contributed by atoms with Crippen molar-refractivity contribution in [3.05, 3.63) is 46.5 Å². The van der Waals surface area contributed by atoms with Crippen LogP contribution < -0.4 is 5.32 Å². The molecule has 1 aliphatic rings. The molecule has 3 rings (SSSR count). The number of nitrogens with zero attached hydrogens (tertiary/aromatic N) is 5. The van der Waals surface area contributed by atoms with Crippen LogP contribution in [0.4, 0.5) is 11.4 Å². The van der Waals surface area contributed by atoms with Crippen LogP contribution in [0.3, 0.4) is 0 Å². The van der Waals surface area contributed by atoms with Crippen LogP contribution in [0.5, 0.6) is 0 Å². The van der Waals surface area contributed by atoms with E-state index in [1.165, 1.54) is 12.1 Å². The first kappa shape index (κ1) is 16.1. The maximum atomic E-state index is 12.3. The fourth-order valence-electron chi connectivity index (χ4n) is 3.01. The summed E-state index contributed by atoms with van der Waals surface area (Å²) >= 11 is 0. The molecular formula is C15H18N6O3. The van der Waals surface area contributed by atoms with Gasteiger partial charge in [-0.25, -0.2) is 0 Å². The smallest absolute Gasteiger partial charge is 0.292 e. The Hall–Kier alpha value is -2.81. The quantitative estimate of drug-likeness (QED) is 0.658. The SMILES string of the molecule is Cn1cnnc1C1CCCN1CC(=O)Nc1ccccc1[N+](=O)[O-]. The van der Waals surface area contributed by atoms with Gasteiger partial charge in [0.15, 0.2) is 0 Å². The number of carbonyl (C=O) groups excluding carboxylic acids is 1. The average Bonchev–Trinajstić information content (AvgIpc) is 3.16. The number of rotatable bonds is 5. The topological polar surface area (TPSA) is 106 Å². The fourth-order valence-corrected chi connectivity index (χ4v) is 3.01. The van der Waals surface area contributed by atoms with Crippen LogP contribution in [0.25, 0.3) is 0 Å². The van der Waals surface area contributed by atoms with Crippen LogP contribution in [0.2, 0.25) is 0 Å². The summed E-state index contributed by atoms with van der Waals surface area (Å²) in [5.41, 5.74) is 0.0963. The van der Waals surface area contributed by atoms with Crippen LogP contribution >= 0.6 is 0 Å². The zero-order valence-corrected chi connectivity index (χ0v) is 13.3. The van der Waals surface area contributed by atoms with Crippen molar-refractivity contribution in [2.24, 2.45) is 7.05 Å². The Morgan fingerprint density at radius 1 is 1.46 bits per heavy atom. The normalized spacial score (nSPS) is 17.8. The largest absolute Gasteiger partial charge is 0.319 e. The summed E-state index contributed by atoms with van der Waals surface area (Å²) in [4.78, 5) is 24.9. The van der Waals surface area contributed by atoms with Crippen LogP contribution in [0.15, 0.2) is 30.6 Å². The van der Waals surface area contributed by atoms with Gasteiger partial charge in [0.05, 0.1) is 17.5 Å². The Kier molecular flexibility index (Phi) is 4.52. The Balaban J connectivity index is 1.69. The molecule has 1 fully saturated rings. The third-order valence-corrected chi connectivity index (χ3v) is 4.13. The van der Waals surface area contributed by atoms with Gasteiger partial charge >= 0.3 is 0 Å². The van der Waals surface area contributed by atoms with Crippen molar-refractivity contribution >= 4 is 17.3 Å². The first-order chi connectivity index (χ1) is 11.6. The van der Waals surface area contributed by atoms with Crippen molar-refractivity contribution in [2.75, 3.05) is 18.4 Å². The van der Waals surface area contributed by atoms with E-state index in [0.717, 1.165) is 25.2 Å². The molecule has 2 aromatic rings. The second kappa shape index (κ2) is 6.75. The Morgan fingerprint density at radius 2 is 2.25 bits per heavy atom. The minimum atomic E-state index is -0.506. The monoisotopic (exact) mass is 330 g/mol. The maximum absolute atomic E-state index is 12.3. The maximum Gasteiger partial charge on any atom is 0.292 e. The predicted molar refractivity (Wildman–Crippen MR) is 86.3 cm³/mol. The van der Waals surface area contributed by atoms with E-state index in [1.807, 2.05) is 16.5 Å². The van der Waals surface area contributed by atoms with Crippen LogP contribution in [0, 0.1) is 10.1 Å². The van der Waals surface area contributed by atoms with Crippen LogP contribution in [-0.2, 0) is 11.8 Å². The van der Waals surface area contributed by atoms with Gasteiger partial charge in [0.25, 0.3) is 5.69 Å². The van der Waals surface area contributed by atoms with Gasteiger partial charge < -0.3 is 9.88 Å². The lowest BCUT2D eigenvalue weighted by Gasteiger charge is -2.22. The van der Waals surface area contributed by atoms with Gasteiger partial charge in [-0.2, -0.15) is 0 Å². The van der Waals surface area contributed by atoms with Gasteiger partial charge in [0.2, 0.25) is 5.91 Å². The number of benzene rings is 1. The number of nitrogens with one attached hydrogen (secondary N) is 1. The Morgan fingerprint density at radius 3 is 2.96 bits per heavy atom. The van der Waals surface area contributed by atoms with E-state index in [-0.39, 0.29) is 29.9 Å². The number of hydrogen-bond acceptors (Lipinski definition) is 6. The van der Waals surface area contributed by atoms with Crippen molar-refractivity contribution in [3.8, 4) is 0 Å². The molecule has 126 valence electrons. The molecule has 1 saturated heterocycles. The third kappa shape index (κ3) is 3.25. The van der Waals surface area contributed by atoms with Gasteiger partial charge in [-0.3, -0.25) is 19.8 Å². The van der Waals surface area contributed by atoms with E-state index in [1.54, 1.807) is 18.5 Å². The Bertz CT molecular complexity index is 759. The molecule has 0 spiro atoms. The van der Waals surface area contributed by atoms with E-state index >= 15 is 0 Å². The van der Waals surface area contributed by atoms with Gasteiger partial charge in [0.1, 0.15) is 17.8 Å². The molecule has 9 nitrogen and oxygen atoms in total. The number of nitro benzene ring substituents is 1. The van der Waals surface area contributed by atoms with Crippen molar-refractivity contribution < 1.29 is 9.72 Å². The Labute approximate surface area is 138 Å². The van der Waals surface area contributed by atoms with Crippen LogP contribution in [0.1, 0.15) is 24.7 Å². The highest BCUT2D eigenvalue weighted by atomic mass is 16.6. The molecule has 1 amide bonds. The molecule has 1 aromatic heterocycles. The molecule has 1 atom stereocenters. The molecule has 9 heteroatoms. The highest BCUT2D eigenvalue weighted by Crippen LogP contribution is 2.30. The summed E-state index contributed by atoms with van der Waals surface area (Å²) in [6, 6.07) is 6.15. The van der Waals surface area contributed by atoms with Crippen molar-refractivity contribution in [3.63, 3.8) is 0 Å². The molecular weight excluding hydrogens is 312 g/mol. The highest BCUT2D eigenvalue weighted by molar-refractivity contribution is 5.94.